The van der Waals surface area contributed by atoms with Crippen LogP contribution < -0.4 is 0 Å². The van der Waals surface area contributed by atoms with Crippen LogP contribution in [0.15, 0.2) is 23.8 Å². The van der Waals surface area contributed by atoms with Gasteiger partial charge in [-0.25, -0.2) is 4.39 Å². The fourth-order valence-corrected chi connectivity index (χ4v) is 7.12. The number of carbonyl (C=O) groups is 2. The Morgan fingerprint density at radius 3 is 2.85 bits per heavy atom. The molecule has 0 aromatic carbocycles. The van der Waals surface area contributed by atoms with Crippen molar-refractivity contribution in [3.8, 4) is 0 Å². The molecule has 0 saturated heterocycles. The zero-order valence-electron chi connectivity index (χ0n) is 15.3. The number of hydrogen-bond donors (Lipinski definition) is 1. The Balaban J connectivity index is 1.74. The number of alkyl halides is 2. The molecule has 0 aromatic heterocycles. The number of Topliss-reactive ketones (excluding diaryl/α,β-unsaturated/α-hetero) is 1. The van der Waals surface area contributed by atoms with Gasteiger partial charge in [-0.05, 0) is 55.1 Å². The molecule has 3 saturated carbocycles. The Kier molecular flexibility index (Phi) is 4.24. The van der Waals surface area contributed by atoms with Crippen molar-refractivity contribution < 1.29 is 19.1 Å². The van der Waals surface area contributed by atoms with Crippen molar-refractivity contribution in [1.29, 1.82) is 0 Å². The Hall–Kier alpha value is -1.00. The van der Waals surface area contributed by atoms with E-state index in [4.69, 9.17) is 11.6 Å². The van der Waals surface area contributed by atoms with Gasteiger partial charge in [-0.3, -0.25) is 9.59 Å². The van der Waals surface area contributed by atoms with Crippen LogP contribution in [0.2, 0.25) is 0 Å². The number of aliphatic hydroxyl groups excluding tert-OH is 1. The van der Waals surface area contributed by atoms with Gasteiger partial charge in [0.1, 0.15) is 6.17 Å². The van der Waals surface area contributed by atoms with E-state index in [1.165, 1.54) is 0 Å². The third kappa shape index (κ3) is 2.34. The summed E-state index contributed by atoms with van der Waals surface area (Å²) in [5.41, 5.74) is 0.174. The van der Waals surface area contributed by atoms with Crippen molar-refractivity contribution in [3.63, 3.8) is 0 Å². The third-order valence-corrected chi connectivity index (χ3v) is 8.22. The van der Waals surface area contributed by atoms with Crippen LogP contribution in [0.3, 0.4) is 0 Å². The standard InChI is InChI=1S/C21H26ClFO3/c1-20-6-5-12(24)7-11(20)3-4-13-14-8-15(23)19(17(26)10-22)21(14,2)9-16(25)18(13)20/h5-7,13-16,18-19,25H,3-4,8-10H2,1-2H3/t13?,14?,15?,16?,18?,19?,20-,21-/m0/s1. The number of halogens is 2. The van der Waals surface area contributed by atoms with Crippen molar-refractivity contribution in [1.82, 2.24) is 0 Å². The first-order chi connectivity index (χ1) is 12.2. The van der Waals surface area contributed by atoms with E-state index in [9.17, 15) is 19.1 Å². The highest BCUT2D eigenvalue weighted by atomic mass is 35.5. The molecule has 0 amide bonds. The second-order valence-electron chi connectivity index (χ2n) is 9.13. The van der Waals surface area contributed by atoms with Crippen LogP contribution in [0.4, 0.5) is 4.39 Å². The van der Waals surface area contributed by atoms with Gasteiger partial charge in [0.2, 0.25) is 0 Å². The van der Waals surface area contributed by atoms with Crippen LogP contribution in [-0.4, -0.2) is 34.8 Å². The molecule has 26 heavy (non-hydrogen) atoms. The molecule has 8 atom stereocenters. The van der Waals surface area contributed by atoms with Gasteiger partial charge in [-0.15, -0.1) is 11.6 Å². The summed E-state index contributed by atoms with van der Waals surface area (Å²) in [7, 11) is 0. The number of aliphatic hydroxyl groups is 1. The van der Waals surface area contributed by atoms with Crippen molar-refractivity contribution in [2.45, 2.75) is 51.8 Å². The van der Waals surface area contributed by atoms with Crippen LogP contribution in [0, 0.1) is 34.5 Å². The fourth-order valence-electron chi connectivity index (χ4n) is 6.95. The molecule has 0 aliphatic heterocycles. The largest absolute Gasteiger partial charge is 0.393 e. The van der Waals surface area contributed by atoms with E-state index in [1.807, 2.05) is 13.0 Å². The van der Waals surface area contributed by atoms with Crippen LogP contribution in [0.1, 0.15) is 39.5 Å². The zero-order chi connectivity index (χ0) is 18.9. The summed E-state index contributed by atoms with van der Waals surface area (Å²) in [6, 6.07) is 0. The molecular formula is C21H26ClFO3. The quantitative estimate of drug-likeness (QED) is 0.744. The number of carbonyl (C=O) groups excluding carboxylic acids is 2. The van der Waals surface area contributed by atoms with Gasteiger partial charge >= 0.3 is 0 Å². The zero-order valence-corrected chi connectivity index (χ0v) is 16.0. The van der Waals surface area contributed by atoms with Gasteiger partial charge in [0.15, 0.2) is 11.6 Å². The second-order valence-corrected chi connectivity index (χ2v) is 9.40. The lowest BCUT2D eigenvalue weighted by Gasteiger charge is -2.58. The minimum absolute atomic E-state index is 0.00326. The van der Waals surface area contributed by atoms with Crippen molar-refractivity contribution in [3.05, 3.63) is 23.8 Å². The summed E-state index contributed by atoms with van der Waals surface area (Å²) in [4.78, 5) is 24.2. The van der Waals surface area contributed by atoms with Crippen molar-refractivity contribution in [2.24, 2.45) is 34.5 Å². The molecule has 1 N–H and O–H groups in total. The predicted octanol–water partition coefficient (Wildman–Crippen LogP) is 3.64. The van der Waals surface area contributed by atoms with Gasteiger partial charge in [-0.2, -0.15) is 0 Å². The van der Waals surface area contributed by atoms with Gasteiger partial charge in [0, 0.05) is 11.3 Å². The van der Waals surface area contributed by atoms with Gasteiger partial charge < -0.3 is 5.11 Å². The molecule has 0 heterocycles. The summed E-state index contributed by atoms with van der Waals surface area (Å²) < 4.78 is 14.9. The lowest BCUT2D eigenvalue weighted by Crippen LogP contribution is -2.56. The Morgan fingerprint density at radius 2 is 2.15 bits per heavy atom. The van der Waals surface area contributed by atoms with Crippen LogP contribution in [0.25, 0.3) is 0 Å². The Bertz CT molecular complexity index is 716. The van der Waals surface area contributed by atoms with E-state index in [2.05, 4.69) is 6.92 Å². The molecular weight excluding hydrogens is 355 g/mol. The first-order valence-corrected chi connectivity index (χ1v) is 10.1. The normalized spacial score (nSPS) is 49.9. The molecule has 0 bridgehead atoms. The summed E-state index contributed by atoms with van der Waals surface area (Å²) in [5, 5.41) is 11.1. The molecule has 6 unspecified atom stereocenters. The Labute approximate surface area is 158 Å². The number of hydrogen-bond acceptors (Lipinski definition) is 3. The maximum atomic E-state index is 14.9. The number of ketones is 2. The third-order valence-electron chi connectivity index (χ3n) is 7.96. The number of rotatable bonds is 2. The molecule has 3 fully saturated rings. The lowest BCUT2D eigenvalue weighted by atomic mass is 9.46. The van der Waals surface area contributed by atoms with Gasteiger partial charge in [0.25, 0.3) is 0 Å². The smallest absolute Gasteiger partial charge is 0.178 e. The van der Waals surface area contributed by atoms with Crippen LogP contribution >= 0.6 is 11.6 Å². The first-order valence-electron chi connectivity index (χ1n) is 9.57. The molecule has 0 aromatic rings. The molecule has 4 aliphatic carbocycles. The van der Waals surface area contributed by atoms with Crippen molar-refractivity contribution >= 4 is 23.2 Å². The van der Waals surface area contributed by atoms with E-state index in [-0.39, 0.29) is 40.6 Å². The van der Waals surface area contributed by atoms with Crippen LogP contribution in [0.5, 0.6) is 0 Å². The van der Waals surface area contributed by atoms with E-state index in [0.717, 1.165) is 18.4 Å². The highest BCUT2D eigenvalue weighted by molar-refractivity contribution is 6.28. The maximum absolute atomic E-state index is 14.9. The molecule has 4 rings (SSSR count). The molecule has 142 valence electrons. The lowest BCUT2D eigenvalue weighted by molar-refractivity contribution is -0.138. The maximum Gasteiger partial charge on any atom is 0.178 e. The van der Waals surface area contributed by atoms with E-state index < -0.39 is 23.6 Å². The van der Waals surface area contributed by atoms with E-state index >= 15 is 0 Å². The average Bonchev–Trinajstić information content (AvgIpc) is 2.84. The summed E-state index contributed by atoms with van der Waals surface area (Å²) in [5.74, 6) is -0.949. The molecule has 4 aliphatic rings. The Morgan fingerprint density at radius 1 is 1.42 bits per heavy atom. The molecule has 5 heteroatoms. The molecule has 0 radical (unpaired) electrons. The summed E-state index contributed by atoms with van der Waals surface area (Å²) >= 11 is 5.76. The molecule has 3 nitrogen and oxygen atoms in total. The van der Waals surface area contributed by atoms with E-state index in [0.29, 0.717) is 12.8 Å². The minimum atomic E-state index is -1.18. The number of fused-ring (bicyclic) bond motifs is 5. The predicted molar refractivity (Wildman–Crippen MR) is 97.5 cm³/mol. The summed E-state index contributed by atoms with van der Waals surface area (Å²) in [6.07, 6.45) is 5.85. The monoisotopic (exact) mass is 380 g/mol. The highest BCUT2D eigenvalue weighted by Gasteiger charge is 2.65. The minimum Gasteiger partial charge on any atom is -0.393 e. The number of allylic oxidation sites excluding steroid dienone is 4. The first kappa shape index (κ1) is 18.4. The molecule has 0 spiro atoms. The van der Waals surface area contributed by atoms with E-state index in [1.54, 1.807) is 12.2 Å². The van der Waals surface area contributed by atoms with Crippen molar-refractivity contribution in [2.75, 3.05) is 5.88 Å². The van der Waals surface area contributed by atoms with Gasteiger partial charge in [-0.1, -0.05) is 25.5 Å². The van der Waals surface area contributed by atoms with Gasteiger partial charge in [0.05, 0.1) is 17.9 Å². The average molecular weight is 381 g/mol. The van der Waals surface area contributed by atoms with Crippen LogP contribution in [-0.2, 0) is 9.59 Å². The highest BCUT2D eigenvalue weighted by Crippen LogP contribution is 2.66. The second kappa shape index (κ2) is 6.00. The summed E-state index contributed by atoms with van der Waals surface area (Å²) in [6.45, 7) is 4.06. The SMILES string of the molecule is C[C@]12CC(O)C3C(CCC4=CC(=O)C=C[C@@]43C)C1CC(F)C2C(=O)CCl. The fraction of sp³-hybridized carbons (Fsp3) is 0.714. The topological polar surface area (TPSA) is 54.4 Å².